The van der Waals surface area contributed by atoms with E-state index in [0.29, 0.717) is 18.8 Å². The smallest absolute Gasteiger partial charge is 0.219 e. The van der Waals surface area contributed by atoms with E-state index in [-0.39, 0.29) is 11.9 Å². The van der Waals surface area contributed by atoms with Crippen molar-refractivity contribution in [2.75, 3.05) is 13.7 Å². The van der Waals surface area contributed by atoms with Gasteiger partial charge in [-0.05, 0) is 41.8 Å². The Labute approximate surface area is 179 Å². The summed E-state index contributed by atoms with van der Waals surface area (Å²) in [7, 11) is 1.82. The zero-order valence-electron chi connectivity index (χ0n) is 17.8. The molecular formula is C25H28N4O. The van der Waals surface area contributed by atoms with Crippen LogP contribution in [0.2, 0.25) is 0 Å². The van der Waals surface area contributed by atoms with Crippen LogP contribution in [0.3, 0.4) is 0 Å². The van der Waals surface area contributed by atoms with Gasteiger partial charge in [0.25, 0.3) is 0 Å². The molecule has 5 nitrogen and oxygen atoms in total. The Morgan fingerprint density at radius 3 is 2.23 bits per heavy atom. The number of benzene rings is 2. The second-order valence-electron chi connectivity index (χ2n) is 7.02. The first kappa shape index (κ1) is 22.7. The van der Waals surface area contributed by atoms with Gasteiger partial charge in [-0.25, -0.2) is 0 Å². The van der Waals surface area contributed by atoms with Gasteiger partial charge >= 0.3 is 0 Å². The fourth-order valence-electron chi connectivity index (χ4n) is 2.68. The van der Waals surface area contributed by atoms with Crippen LogP contribution >= 0.6 is 0 Å². The molecule has 0 radical (unpaired) electrons. The average molecular weight is 401 g/mol. The predicted octanol–water partition coefficient (Wildman–Crippen LogP) is 3.17. The molecule has 2 N–H and O–H groups in total. The summed E-state index contributed by atoms with van der Waals surface area (Å²) in [5.41, 5.74) is 4.97. The van der Waals surface area contributed by atoms with Gasteiger partial charge in [0.05, 0.1) is 18.3 Å². The first-order valence-electron chi connectivity index (χ1n) is 9.90. The summed E-state index contributed by atoms with van der Waals surface area (Å²) >= 11 is 0. The van der Waals surface area contributed by atoms with Crippen molar-refractivity contribution in [2.45, 2.75) is 32.9 Å². The van der Waals surface area contributed by atoms with Gasteiger partial charge in [0.2, 0.25) is 5.91 Å². The third kappa shape index (κ3) is 7.13. The highest BCUT2D eigenvalue weighted by atomic mass is 16.2. The summed E-state index contributed by atoms with van der Waals surface area (Å²) < 4.78 is 0. The number of hydrogen-bond acceptors (Lipinski definition) is 4. The van der Waals surface area contributed by atoms with Crippen LogP contribution in [0.25, 0.3) is 0 Å². The number of amides is 1. The van der Waals surface area contributed by atoms with Crippen LogP contribution in [0.4, 0.5) is 0 Å². The zero-order valence-corrected chi connectivity index (χ0v) is 17.8. The van der Waals surface area contributed by atoms with E-state index in [2.05, 4.69) is 66.3 Å². The van der Waals surface area contributed by atoms with Crippen molar-refractivity contribution in [3.05, 3.63) is 83.1 Å². The highest BCUT2D eigenvalue weighted by Crippen LogP contribution is 2.07. The number of nitriles is 1. The topological polar surface area (TPSA) is 68.2 Å². The van der Waals surface area contributed by atoms with Gasteiger partial charge in [0.15, 0.2) is 0 Å². The summed E-state index contributed by atoms with van der Waals surface area (Å²) in [6.07, 6.45) is 1.06. The summed E-state index contributed by atoms with van der Waals surface area (Å²) in [6, 6.07) is 17.7. The third-order valence-electron chi connectivity index (χ3n) is 4.73. The predicted molar refractivity (Wildman–Crippen MR) is 120 cm³/mol. The molecule has 1 aliphatic rings. The maximum atomic E-state index is 11.0. The molecule has 3 rings (SSSR count). The molecule has 0 aliphatic carbocycles. The normalized spacial score (nSPS) is 14.3. The first-order valence-corrected chi connectivity index (χ1v) is 9.90. The zero-order chi connectivity index (χ0) is 21.9. The summed E-state index contributed by atoms with van der Waals surface area (Å²) in [6.45, 7) is 8.98. The van der Waals surface area contributed by atoms with Crippen molar-refractivity contribution in [1.82, 2.24) is 15.5 Å². The number of nitrogens with one attached hydrogen (secondary N) is 2. The SMILES string of the molecule is C=C1NCNC1C#Cc1ccc(C#N)cc1.CCc1ccc(CN(C)C(C)=O)cc1. The highest BCUT2D eigenvalue weighted by molar-refractivity contribution is 5.72. The van der Waals surface area contributed by atoms with E-state index in [1.165, 1.54) is 11.1 Å². The molecule has 1 amide bonds. The molecule has 0 spiro atoms. The van der Waals surface area contributed by atoms with Gasteiger partial charge in [-0.3, -0.25) is 10.1 Å². The summed E-state index contributed by atoms with van der Waals surface area (Å²) in [5.74, 6) is 6.23. The van der Waals surface area contributed by atoms with Crippen molar-refractivity contribution >= 4 is 5.91 Å². The summed E-state index contributed by atoms with van der Waals surface area (Å²) in [4.78, 5) is 12.7. The maximum absolute atomic E-state index is 11.0. The average Bonchev–Trinajstić information content (AvgIpc) is 3.18. The van der Waals surface area contributed by atoms with Crippen LogP contribution < -0.4 is 10.6 Å². The second-order valence-corrected chi connectivity index (χ2v) is 7.02. The number of nitrogens with zero attached hydrogens (tertiary/aromatic N) is 2. The molecule has 1 aliphatic heterocycles. The van der Waals surface area contributed by atoms with Crippen LogP contribution in [0.15, 0.2) is 60.8 Å². The minimum Gasteiger partial charge on any atom is -0.374 e. The minimum absolute atomic E-state index is 0.00985. The molecule has 154 valence electrons. The minimum atomic E-state index is 0.00985. The van der Waals surface area contributed by atoms with E-state index in [1.54, 1.807) is 24.0 Å². The lowest BCUT2D eigenvalue weighted by Crippen LogP contribution is -2.22. The Hall–Kier alpha value is -3.54. The van der Waals surface area contributed by atoms with Gasteiger partial charge in [0, 0.05) is 31.8 Å². The molecule has 2 aromatic rings. The first-order chi connectivity index (χ1) is 14.4. The van der Waals surface area contributed by atoms with Gasteiger partial charge in [0.1, 0.15) is 6.04 Å². The Morgan fingerprint density at radius 2 is 1.73 bits per heavy atom. The number of carbonyl (C=O) groups is 1. The van der Waals surface area contributed by atoms with E-state index >= 15 is 0 Å². The Balaban J connectivity index is 0.000000216. The number of rotatable bonds is 3. The van der Waals surface area contributed by atoms with Crippen LogP contribution in [-0.4, -0.2) is 30.6 Å². The molecule has 0 bridgehead atoms. The lowest BCUT2D eigenvalue weighted by molar-refractivity contribution is -0.128. The molecule has 30 heavy (non-hydrogen) atoms. The van der Waals surface area contributed by atoms with Gasteiger partial charge < -0.3 is 10.2 Å². The van der Waals surface area contributed by atoms with Crippen molar-refractivity contribution in [3.8, 4) is 17.9 Å². The van der Waals surface area contributed by atoms with E-state index in [9.17, 15) is 4.79 Å². The van der Waals surface area contributed by atoms with Crippen LogP contribution in [0.5, 0.6) is 0 Å². The van der Waals surface area contributed by atoms with Crippen molar-refractivity contribution < 1.29 is 4.79 Å². The largest absolute Gasteiger partial charge is 0.374 e. The highest BCUT2D eigenvalue weighted by Gasteiger charge is 2.13. The fourth-order valence-corrected chi connectivity index (χ4v) is 2.68. The van der Waals surface area contributed by atoms with Gasteiger partial charge in [-0.2, -0.15) is 5.26 Å². The molecule has 0 saturated carbocycles. The van der Waals surface area contributed by atoms with Crippen molar-refractivity contribution in [3.63, 3.8) is 0 Å². The molecular weight excluding hydrogens is 372 g/mol. The standard InChI is InChI=1S/C13H11N3.C12H17NO/c1-10-13(16-9-15-10)7-6-11-2-4-12(8-14)5-3-11;1-4-11-5-7-12(8-6-11)9-13(3)10(2)14/h2-5,13,15-16H,1,9H2;5-8H,4,9H2,1-3H3. The quantitative estimate of drug-likeness (QED) is 0.777. The molecule has 1 saturated heterocycles. The lowest BCUT2D eigenvalue weighted by atomic mass is 10.1. The van der Waals surface area contributed by atoms with Crippen LogP contribution in [0, 0.1) is 23.2 Å². The number of carbonyl (C=O) groups excluding carboxylic acids is 1. The Morgan fingerprint density at radius 1 is 1.13 bits per heavy atom. The van der Waals surface area contributed by atoms with E-state index < -0.39 is 0 Å². The van der Waals surface area contributed by atoms with E-state index in [0.717, 1.165) is 17.7 Å². The third-order valence-corrected chi connectivity index (χ3v) is 4.73. The Bertz CT molecular complexity index is 959. The second kappa shape index (κ2) is 11.5. The van der Waals surface area contributed by atoms with E-state index in [4.69, 9.17) is 5.26 Å². The number of hydrogen-bond donors (Lipinski definition) is 2. The molecule has 1 atom stereocenters. The van der Waals surface area contributed by atoms with Crippen LogP contribution in [0.1, 0.15) is 36.1 Å². The van der Waals surface area contributed by atoms with Crippen molar-refractivity contribution in [2.24, 2.45) is 0 Å². The molecule has 2 aromatic carbocycles. The maximum Gasteiger partial charge on any atom is 0.219 e. The lowest BCUT2D eigenvalue weighted by Gasteiger charge is -2.14. The molecule has 0 aromatic heterocycles. The van der Waals surface area contributed by atoms with Crippen LogP contribution in [-0.2, 0) is 17.8 Å². The molecule has 1 fully saturated rings. The van der Waals surface area contributed by atoms with E-state index in [1.807, 2.05) is 19.2 Å². The molecule has 1 heterocycles. The Kier molecular flexibility index (Phi) is 8.69. The van der Waals surface area contributed by atoms with Gasteiger partial charge in [-0.15, -0.1) is 0 Å². The fraction of sp³-hybridized carbons (Fsp3) is 0.280. The molecule has 1 unspecified atom stereocenters. The van der Waals surface area contributed by atoms with Crippen molar-refractivity contribution in [1.29, 1.82) is 5.26 Å². The molecule has 5 heteroatoms. The van der Waals surface area contributed by atoms with Gasteiger partial charge in [-0.1, -0.05) is 49.6 Å². The monoisotopic (exact) mass is 400 g/mol. The summed E-state index contributed by atoms with van der Waals surface area (Å²) in [5, 5.41) is 14.9. The number of aryl methyl sites for hydroxylation is 1.